The molecule has 2 nitrogen and oxygen atoms in total. The van der Waals surface area contributed by atoms with Gasteiger partial charge in [-0.3, -0.25) is 0 Å². The first kappa shape index (κ1) is 15.8. The molecule has 0 saturated carbocycles. The second-order valence-electron chi connectivity index (χ2n) is 5.28. The van der Waals surface area contributed by atoms with Crippen LogP contribution in [0.5, 0.6) is 11.5 Å². The van der Waals surface area contributed by atoms with Gasteiger partial charge in [-0.25, -0.2) is 4.39 Å². The van der Waals surface area contributed by atoms with E-state index in [1.54, 1.807) is 25.1 Å². The number of ether oxygens (including phenoxy) is 1. The Labute approximate surface area is 129 Å². The van der Waals surface area contributed by atoms with Crippen LogP contribution in [0.4, 0.5) is 4.39 Å². The Morgan fingerprint density at radius 3 is 2.67 bits per heavy atom. The number of para-hydroxylation sites is 1. The van der Waals surface area contributed by atoms with Crippen molar-refractivity contribution in [3.63, 3.8) is 0 Å². The van der Waals surface area contributed by atoms with E-state index in [1.165, 1.54) is 6.07 Å². The van der Waals surface area contributed by atoms with Crippen molar-refractivity contribution in [2.75, 3.05) is 0 Å². The van der Waals surface area contributed by atoms with Crippen LogP contribution in [0.15, 0.2) is 36.4 Å². The molecule has 2 aromatic carbocycles. The number of halogens is 2. The molecule has 1 N–H and O–H groups in total. The van der Waals surface area contributed by atoms with Gasteiger partial charge in [0.25, 0.3) is 0 Å². The highest BCUT2D eigenvalue weighted by atomic mass is 35.5. The molecule has 112 valence electrons. The van der Waals surface area contributed by atoms with Crippen LogP contribution in [0.25, 0.3) is 0 Å². The Kier molecular flexibility index (Phi) is 5.21. The van der Waals surface area contributed by atoms with Crippen molar-refractivity contribution < 1.29 is 9.13 Å². The number of benzene rings is 2. The van der Waals surface area contributed by atoms with Crippen LogP contribution in [-0.2, 0) is 6.54 Å². The summed E-state index contributed by atoms with van der Waals surface area (Å²) in [6.07, 6.45) is 0. The van der Waals surface area contributed by atoms with Gasteiger partial charge in [-0.15, -0.1) is 0 Å². The van der Waals surface area contributed by atoms with Crippen LogP contribution >= 0.6 is 11.6 Å². The smallest absolute Gasteiger partial charge is 0.150 e. The number of hydrogen-bond donors (Lipinski definition) is 1. The Morgan fingerprint density at radius 2 is 2.00 bits per heavy atom. The summed E-state index contributed by atoms with van der Waals surface area (Å²) in [5.74, 6) is 0.717. The highest BCUT2D eigenvalue weighted by molar-refractivity contribution is 6.32. The van der Waals surface area contributed by atoms with E-state index in [4.69, 9.17) is 16.3 Å². The van der Waals surface area contributed by atoms with Crippen molar-refractivity contribution >= 4 is 11.6 Å². The molecular weight excluding hydrogens is 289 g/mol. The summed E-state index contributed by atoms with van der Waals surface area (Å²) in [5, 5.41) is 3.84. The molecule has 0 unspecified atom stereocenters. The molecule has 2 rings (SSSR count). The van der Waals surface area contributed by atoms with E-state index < -0.39 is 0 Å². The van der Waals surface area contributed by atoms with Gasteiger partial charge in [-0.05, 0) is 24.6 Å². The van der Waals surface area contributed by atoms with E-state index in [0.717, 1.165) is 5.56 Å². The van der Waals surface area contributed by atoms with Gasteiger partial charge in [0, 0.05) is 24.2 Å². The summed E-state index contributed by atoms with van der Waals surface area (Å²) in [4.78, 5) is 0. The van der Waals surface area contributed by atoms with Crippen molar-refractivity contribution in [1.29, 1.82) is 0 Å². The third-order valence-corrected chi connectivity index (χ3v) is 3.41. The number of aryl methyl sites for hydroxylation is 1. The number of nitrogens with one attached hydrogen (secondary N) is 1. The van der Waals surface area contributed by atoms with Gasteiger partial charge >= 0.3 is 0 Å². The maximum Gasteiger partial charge on any atom is 0.150 e. The predicted molar refractivity (Wildman–Crippen MR) is 84.6 cm³/mol. The molecular formula is C17H19ClFNO. The van der Waals surface area contributed by atoms with Crippen LogP contribution in [0.3, 0.4) is 0 Å². The quantitative estimate of drug-likeness (QED) is 0.832. The summed E-state index contributed by atoms with van der Waals surface area (Å²) in [6.45, 7) is 6.50. The van der Waals surface area contributed by atoms with Crippen molar-refractivity contribution in [2.45, 2.75) is 33.4 Å². The molecule has 0 radical (unpaired) electrons. The third-order valence-electron chi connectivity index (χ3n) is 3.11. The molecule has 0 amide bonds. The van der Waals surface area contributed by atoms with Crippen LogP contribution in [0.1, 0.15) is 25.0 Å². The van der Waals surface area contributed by atoms with Gasteiger partial charge in [0.05, 0.1) is 5.02 Å². The first-order valence-corrected chi connectivity index (χ1v) is 7.30. The zero-order chi connectivity index (χ0) is 15.4. The Bertz CT molecular complexity index is 628. The highest BCUT2D eigenvalue weighted by Gasteiger charge is 2.11. The molecule has 0 atom stereocenters. The molecule has 0 aliphatic heterocycles. The van der Waals surface area contributed by atoms with E-state index >= 15 is 0 Å². The molecule has 0 aromatic heterocycles. The minimum absolute atomic E-state index is 0.290. The fraction of sp³-hybridized carbons (Fsp3) is 0.294. The molecule has 4 heteroatoms. The van der Waals surface area contributed by atoms with Crippen LogP contribution in [-0.4, -0.2) is 6.04 Å². The highest BCUT2D eigenvalue weighted by Crippen LogP contribution is 2.33. The van der Waals surface area contributed by atoms with Crippen molar-refractivity contribution in [3.05, 3.63) is 58.4 Å². The third kappa shape index (κ3) is 4.19. The molecule has 2 aromatic rings. The Balaban J connectivity index is 2.27. The average Bonchev–Trinajstić information content (AvgIpc) is 2.43. The fourth-order valence-corrected chi connectivity index (χ4v) is 2.11. The minimum atomic E-state index is -0.290. The fourth-order valence-electron chi connectivity index (χ4n) is 1.88. The maximum atomic E-state index is 13.6. The van der Waals surface area contributed by atoms with Crippen molar-refractivity contribution in [2.24, 2.45) is 0 Å². The Morgan fingerprint density at radius 1 is 1.24 bits per heavy atom. The first-order chi connectivity index (χ1) is 9.97. The van der Waals surface area contributed by atoms with Gasteiger partial charge in [-0.1, -0.05) is 43.6 Å². The molecule has 0 bridgehead atoms. The molecule has 0 saturated heterocycles. The number of rotatable bonds is 5. The molecule has 0 aliphatic carbocycles. The van der Waals surface area contributed by atoms with Gasteiger partial charge in [0.2, 0.25) is 0 Å². The Hall–Kier alpha value is -1.58. The van der Waals surface area contributed by atoms with Gasteiger partial charge in [0.15, 0.2) is 0 Å². The lowest BCUT2D eigenvalue weighted by Gasteiger charge is -2.15. The summed E-state index contributed by atoms with van der Waals surface area (Å²) >= 11 is 6.22. The molecule has 0 spiro atoms. The largest absolute Gasteiger partial charge is 0.455 e. The van der Waals surface area contributed by atoms with Gasteiger partial charge < -0.3 is 10.1 Å². The zero-order valence-electron chi connectivity index (χ0n) is 12.4. The summed E-state index contributed by atoms with van der Waals surface area (Å²) in [7, 11) is 0. The second kappa shape index (κ2) is 6.92. The average molecular weight is 308 g/mol. The standard InChI is InChI=1S/C17H19ClFNO/c1-11(2)20-10-13-5-4-6-15(18)17(13)21-14-8-7-12(3)16(19)9-14/h4-9,11,20H,10H2,1-3H3. The number of hydrogen-bond acceptors (Lipinski definition) is 2. The molecule has 21 heavy (non-hydrogen) atoms. The summed E-state index contributed by atoms with van der Waals surface area (Å²) < 4.78 is 19.4. The van der Waals surface area contributed by atoms with E-state index in [9.17, 15) is 4.39 Å². The van der Waals surface area contributed by atoms with Crippen LogP contribution in [0, 0.1) is 12.7 Å². The van der Waals surface area contributed by atoms with Crippen molar-refractivity contribution in [1.82, 2.24) is 5.32 Å². The predicted octanol–water partition coefficient (Wildman–Crippen LogP) is 5.08. The lowest BCUT2D eigenvalue weighted by molar-refractivity contribution is 0.464. The van der Waals surface area contributed by atoms with E-state index in [1.807, 2.05) is 12.1 Å². The topological polar surface area (TPSA) is 21.3 Å². The molecule has 0 aliphatic rings. The van der Waals surface area contributed by atoms with E-state index in [0.29, 0.717) is 34.7 Å². The lowest BCUT2D eigenvalue weighted by Crippen LogP contribution is -2.22. The van der Waals surface area contributed by atoms with Crippen LogP contribution in [0.2, 0.25) is 5.02 Å². The lowest BCUT2D eigenvalue weighted by atomic mass is 10.2. The zero-order valence-corrected chi connectivity index (χ0v) is 13.2. The second-order valence-corrected chi connectivity index (χ2v) is 5.68. The van der Waals surface area contributed by atoms with Gasteiger partial charge in [-0.2, -0.15) is 0 Å². The molecule has 0 fully saturated rings. The first-order valence-electron chi connectivity index (χ1n) is 6.92. The SMILES string of the molecule is Cc1ccc(Oc2c(Cl)cccc2CNC(C)C)cc1F. The van der Waals surface area contributed by atoms with Crippen molar-refractivity contribution in [3.8, 4) is 11.5 Å². The van der Waals surface area contributed by atoms with E-state index in [2.05, 4.69) is 19.2 Å². The normalized spacial score (nSPS) is 11.0. The maximum absolute atomic E-state index is 13.6. The molecule has 0 heterocycles. The van der Waals surface area contributed by atoms with Crippen LogP contribution < -0.4 is 10.1 Å². The minimum Gasteiger partial charge on any atom is -0.455 e. The monoisotopic (exact) mass is 307 g/mol. The van der Waals surface area contributed by atoms with Gasteiger partial charge in [0.1, 0.15) is 17.3 Å². The van der Waals surface area contributed by atoms with E-state index in [-0.39, 0.29) is 5.82 Å². The summed E-state index contributed by atoms with van der Waals surface area (Å²) in [6, 6.07) is 10.7. The summed E-state index contributed by atoms with van der Waals surface area (Å²) in [5.41, 5.74) is 1.53.